The van der Waals surface area contributed by atoms with Gasteiger partial charge in [-0.3, -0.25) is 20.2 Å². The van der Waals surface area contributed by atoms with Crippen molar-refractivity contribution in [3.63, 3.8) is 0 Å². The fourth-order valence-electron chi connectivity index (χ4n) is 0.852. The maximum absolute atomic E-state index is 10.4. The molecule has 0 unspecified atom stereocenters. The minimum Gasteiger partial charge on any atom is -0.425 e. The highest BCUT2D eigenvalue weighted by Gasteiger charge is 2.14. The zero-order valence-electron chi connectivity index (χ0n) is 6.95. The Labute approximate surface area is 78.2 Å². The average Bonchev–Trinajstić information content (AvgIpc) is 2.15. The highest BCUT2D eigenvalue weighted by atomic mass is 16.7. The topological polar surface area (TPSA) is 95.5 Å². The van der Waals surface area contributed by atoms with Crippen molar-refractivity contribution >= 4 is 5.69 Å². The highest BCUT2D eigenvalue weighted by Crippen LogP contribution is 2.25. The average molecular weight is 198 g/mol. The first-order valence-corrected chi connectivity index (χ1v) is 3.59. The van der Waals surface area contributed by atoms with Crippen molar-refractivity contribution in [3.05, 3.63) is 44.5 Å². The quantitative estimate of drug-likeness (QED) is 0.411. The molecule has 1 aromatic carbocycles. The number of hydrogen-bond donors (Lipinski definition) is 0. The second-order valence-electron chi connectivity index (χ2n) is 2.33. The van der Waals surface area contributed by atoms with E-state index >= 15 is 0 Å². The van der Waals surface area contributed by atoms with E-state index in [2.05, 4.69) is 4.74 Å². The van der Waals surface area contributed by atoms with Gasteiger partial charge in [0, 0.05) is 6.07 Å². The van der Waals surface area contributed by atoms with Gasteiger partial charge in [-0.15, -0.1) is 0 Å². The van der Waals surface area contributed by atoms with Crippen LogP contribution in [0.4, 0.5) is 5.69 Å². The van der Waals surface area contributed by atoms with Crippen LogP contribution in [-0.2, 0) is 0 Å². The number of nitrogens with zero attached hydrogens (tertiary/aromatic N) is 2. The van der Waals surface area contributed by atoms with Gasteiger partial charge in [0.05, 0.1) is 9.85 Å². The van der Waals surface area contributed by atoms with Crippen molar-refractivity contribution in [2.75, 3.05) is 6.73 Å². The molecule has 0 aliphatic carbocycles. The van der Waals surface area contributed by atoms with Gasteiger partial charge in [-0.2, -0.15) is 0 Å². The number of hydrogen-bond acceptors (Lipinski definition) is 5. The van der Waals surface area contributed by atoms with Crippen LogP contribution in [0.25, 0.3) is 0 Å². The maximum atomic E-state index is 10.4. The normalized spacial score (nSPS) is 9.43. The summed E-state index contributed by atoms with van der Waals surface area (Å²) < 4.78 is 4.62. The molecule has 0 fully saturated rings. The van der Waals surface area contributed by atoms with Gasteiger partial charge in [-0.25, -0.2) is 0 Å². The molecule has 7 nitrogen and oxygen atoms in total. The van der Waals surface area contributed by atoms with E-state index in [0.29, 0.717) is 0 Å². The third-order valence-corrected chi connectivity index (χ3v) is 1.39. The Bertz CT molecular complexity index is 365. The Morgan fingerprint density at radius 2 is 1.86 bits per heavy atom. The molecule has 0 aliphatic rings. The van der Waals surface area contributed by atoms with Crippen molar-refractivity contribution in [1.29, 1.82) is 0 Å². The molecule has 7 heteroatoms. The van der Waals surface area contributed by atoms with Crippen LogP contribution in [0.2, 0.25) is 0 Å². The van der Waals surface area contributed by atoms with Gasteiger partial charge in [-0.05, 0) is 6.07 Å². The summed E-state index contributed by atoms with van der Waals surface area (Å²) in [4.78, 5) is 19.0. The molecule has 0 bridgehead atoms. The number of benzene rings is 1. The van der Waals surface area contributed by atoms with Crippen LogP contribution in [0.5, 0.6) is 5.75 Å². The molecule has 0 spiro atoms. The standard InChI is InChI=1S/C7H6N2O5/c10-8(11)5-14-7-4-2-1-3-6(7)9(12)13/h1-4H,5H2. The fraction of sp³-hybridized carbons (Fsp3) is 0.143. The molecule has 1 rings (SSSR count). The Hall–Kier alpha value is -2.18. The van der Waals surface area contributed by atoms with E-state index in [4.69, 9.17) is 0 Å². The molecule has 0 aromatic heterocycles. The summed E-state index contributed by atoms with van der Waals surface area (Å²) in [5.41, 5.74) is -0.283. The van der Waals surface area contributed by atoms with E-state index in [1.807, 2.05) is 0 Å². The van der Waals surface area contributed by atoms with Crippen LogP contribution < -0.4 is 4.74 Å². The van der Waals surface area contributed by atoms with Gasteiger partial charge in [0.25, 0.3) is 0 Å². The lowest BCUT2D eigenvalue weighted by atomic mass is 10.3. The molecule has 0 saturated heterocycles. The Morgan fingerprint density at radius 1 is 1.21 bits per heavy atom. The minimum atomic E-state index is -0.787. The largest absolute Gasteiger partial charge is 0.425 e. The Kier molecular flexibility index (Phi) is 2.95. The van der Waals surface area contributed by atoms with Crippen molar-refractivity contribution in [2.45, 2.75) is 0 Å². The van der Waals surface area contributed by atoms with Crippen LogP contribution in [0, 0.1) is 20.2 Å². The van der Waals surface area contributed by atoms with Crippen molar-refractivity contribution in [1.82, 2.24) is 0 Å². The lowest BCUT2D eigenvalue weighted by Crippen LogP contribution is -2.09. The first-order valence-electron chi connectivity index (χ1n) is 3.59. The monoisotopic (exact) mass is 198 g/mol. The van der Waals surface area contributed by atoms with E-state index in [0.717, 1.165) is 0 Å². The molecular weight excluding hydrogens is 192 g/mol. The van der Waals surface area contributed by atoms with Gasteiger partial charge in [0.15, 0.2) is 0 Å². The Balaban J connectivity index is 2.84. The highest BCUT2D eigenvalue weighted by molar-refractivity contribution is 5.45. The maximum Gasteiger partial charge on any atom is 0.344 e. The number of nitro groups is 2. The summed E-state index contributed by atoms with van der Waals surface area (Å²) in [5, 5.41) is 20.4. The molecule has 0 radical (unpaired) electrons. The first kappa shape index (κ1) is 9.90. The summed E-state index contributed by atoms with van der Waals surface area (Å²) in [6, 6.07) is 5.48. The molecule has 1 aromatic rings. The molecule has 0 aliphatic heterocycles. The molecule has 0 saturated carbocycles. The van der Waals surface area contributed by atoms with Gasteiger partial charge >= 0.3 is 12.4 Å². The number of ether oxygens (including phenoxy) is 1. The summed E-state index contributed by atoms with van der Waals surface area (Å²) >= 11 is 0. The molecule has 0 N–H and O–H groups in total. The summed E-state index contributed by atoms with van der Waals surface area (Å²) in [6.07, 6.45) is 0. The van der Waals surface area contributed by atoms with Gasteiger partial charge < -0.3 is 4.74 Å². The summed E-state index contributed by atoms with van der Waals surface area (Å²) in [6.45, 7) is -0.787. The second kappa shape index (κ2) is 4.17. The third-order valence-electron chi connectivity index (χ3n) is 1.39. The third kappa shape index (κ3) is 2.41. The van der Waals surface area contributed by atoms with E-state index in [9.17, 15) is 20.2 Å². The first-order chi connectivity index (χ1) is 6.61. The molecule has 74 valence electrons. The molecule has 0 heterocycles. The van der Waals surface area contributed by atoms with Crippen molar-refractivity contribution in [3.8, 4) is 5.75 Å². The predicted octanol–water partition coefficient (Wildman–Crippen LogP) is 1.21. The van der Waals surface area contributed by atoms with Gasteiger partial charge in [0.1, 0.15) is 0 Å². The molecular formula is C7H6N2O5. The number of para-hydroxylation sites is 2. The van der Waals surface area contributed by atoms with Crippen molar-refractivity contribution in [2.24, 2.45) is 0 Å². The number of nitro benzene ring substituents is 1. The minimum absolute atomic E-state index is 0.103. The molecule has 0 atom stereocenters. The van der Waals surface area contributed by atoms with Crippen LogP contribution in [0.15, 0.2) is 24.3 Å². The van der Waals surface area contributed by atoms with E-state index in [1.54, 1.807) is 0 Å². The zero-order chi connectivity index (χ0) is 10.6. The van der Waals surface area contributed by atoms with Crippen molar-refractivity contribution < 1.29 is 14.6 Å². The van der Waals surface area contributed by atoms with E-state index in [1.165, 1.54) is 24.3 Å². The van der Waals surface area contributed by atoms with Crippen LogP contribution in [-0.4, -0.2) is 16.6 Å². The lowest BCUT2D eigenvalue weighted by Gasteiger charge is -2.00. The van der Waals surface area contributed by atoms with Gasteiger partial charge in [-0.1, -0.05) is 12.1 Å². The van der Waals surface area contributed by atoms with Gasteiger partial charge in [0.2, 0.25) is 5.75 Å². The molecule has 0 amide bonds. The zero-order valence-corrected chi connectivity index (χ0v) is 6.95. The summed E-state index contributed by atoms with van der Waals surface area (Å²) in [7, 11) is 0. The Morgan fingerprint density at radius 3 is 2.43 bits per heavy atom. The number of rotatable bonds is 4. The fourth-order valence-corrected chi connectivity index (χ4v) is 0.852. The smallest absolute Gasteiger partial charge is 0.344 e. The molecule has 14 heavy (non-hydrogen) atoms. The summed E-state index contributed by atoms with van der Waals surface area (Å²) in [5.74, 6) is -0.103. The SMILES string of the molecule is O=[N+]([O-])COc1ccccc1[N+](=O)[O-]. The second-order valence-corrected chi connectivity index (χ2v) is 2.33. The van der Waals surface area contributed by atoms with Crippen LogP contribution in [0.3, 0.4) is 0 Å². The van der Waals surface area contributed by atoms with Crippen LogP contribution in [0.1, 0.15) is 0 Å². The van der Waals surface area contributed by atoms with E-state index < -0.39 is 16.6 Å². The predicted molar refractivity (Wildman–Crippen MR) is 45.6 cm³/mol. The van der Waals surface area contributed by atoms with Crippen LogP contribution >= 0.6 is 0 Å². The van der Waals surface area contributed by atoms with E-state index in [-0.39, 0.29) is 11.4 Å². The lowest BCUT2D eigenvalue weighted by molar-refractivity contribution is -0.514.